The number of phenolic OH excluding ortho intramolecular Hbond substituents is 1. The molecule has 47 heavy (non-hydrogen) atoms. The predicted octanol–water partition coefficient (Wildman–Crippen LogP) is 2.33. The van der Waals surface area contributed by atoms with E-state index in [1.807, 2.05) is 0 Å². The van der Waals surface area contributed by atoms with Crippen LogP contribution in [0.2, 0.25) is 0 Å². The van der Waals surface area contributed by atoms with Gasteiger partial charge in [-0.1, -0.05) is 12.1 Å². The lowest BCUT2D eigenvalue weighted by Gasteiger charge is -2.31. The van der Waals surface area contributed by atoms with E-state index < -0.39 is 66.0 Å². The summed E-state index contributed by atoms with van der Waals surface area (Å²) in [6.45, 7) is -0.750. The molecule has 0 radical (unpaired) electrons. The largest absolute Gasteiger partial charge is 0.503 e. The highest BCUT2D eigenvalue weighted by Crippen LogP contribution is 2.46. The number of halogens is 2. The Hall–Kier alpha value is -4.68. The van der Waals surface area contributed by atoms with E-state index in [-0.39, 0.29) is 51.6 Å². The quantitative estimate of drug-likeness (QED) is 0.109. The second-order valence-electron chi connectivity index (χ2n) is 10.0. The minimum absolute atomic E-state index is 0.0595. The third-order valence-electron chi connectivity index (χ3n) is 6.72. The van der Waals surface area contributed by atoms with Crippen molar-refractivity contribution < 1.29 is 53.2 Å². The van der Waals surface area contributed by atoms with Crippen LogP contribution in [0, 0.1) is 5.82 Å². The summed E-state index contributed by atoms with van der Waals surface area (Å²) in [4.78, 5) is 74.3. The molecule has 0 aromatic heterocycles. The molecule has 0 fully saturated rings. The Morgan fingerprint density at radius 2 is 1.87 bits per heavy atom. The first-order valence-electron chi connectivity index (χ1n) is 13.8. The maximum atomic E-state index is 13.5. The summed E-state index contributed by atoms with van der Waals surface area (Å²) in [6, 6.07) is 2.55. The summed E-state index contributed by atoms with van der Waals surface area (Å²) in [5, 5.41) is 36.1. The van der Waals surface area contributed by atoms with Crippen molar-refractivity contribution in [1.82, 2.24) is 15.5 Å². The highest BCUT2D eigenvalue weighted by Gasteiger charge is 2.30. The number of ketones is 1. The van der Waals surface area contributed by atoms with Crippen molar-refractivity contribution in [2.45, 2.75) is 42.3 Å². The predicted molar refractivity (Wildman–Crippen MR) is 169 cm³/mol. The number of anilines is 1. The average Bonchev–Trinajstić information content (AvgIpc) is 3.03. The van der Waals surface area contributed by atoms with Crippen molar-refractivity contribution in [2.75, 3.05) is 24.7 Å². The number of methoxy groups -OCH3 is 1. The number of carboxylic acid groups (broad SMARTS) is 2. The normalized spacial score (nSPS) is 15.4. The van der Waals surface area contributed by atoms with Crippen LogP contribution in [0.1, 0.15) is 30.9 Å². The number of aliphatic carboxylic acids is 2. The molecule has 15 nitrogen and oxygen atoms in total. The van der Waals surface area contributed by atoms with Gasteiger partial charge in [-0.05, 0) is 46.1 Å². The molecule has 252 valence electrons. The SMILES string of the molecule is COc1cc(NC(=O)N2C=CC(=O)C[C@H]2c2ccc(F)cc2)c(Br)c(SC[C@H](NC(=O)CC[C@H](N)C(=O)O)C(=O)NCC(=O)O)c1O. The molecule has 3 atom stereocenters. The lowest BCUT2D eigenvalue weighted by Crippen LogP contribution is -2.49. The number of rotatable bonds is 14. The summed E-state index contributed by atoms with van der Waals surface area (Å²) >= 11 is 4.19. The van der Waals surface area contributed by atoms with Crippen molar-refractivity contribution >= 4 is 68.9 Å². The Balaban J connectivity index is 1.85. The molecular weight excluding hydrogens is 709 g/mol. The first kappa shape index (κ1) is 36.8. The van der Waals surface area contributed by atoms with Gasteiger partial charge < -0.3 is 41.7 Å². The second-order valence-corrected chi connectivity index (χ2v) is 11.9. The third kappa shape index (κ3) is 10.2. The average molecular weight is 741 g/mol. The molecule has 2 aromatic carbocycles. The number of phenols is 1. The number of hydrogen-bond donors (Lipinski definition) is 7. The second kappa shape index (κ2) is 16.8. The van der Waals surface area contributed by atoms with E-state index in [0.29, 0.717) is 5.56 Å². The number of benzene rings is 2. The zero-order chi connectivity index (χ0) is 34.8. The van der Waals surface area contributed by atoms with Gasteiger partial charge in [-0.2, -0.15) is 0 Å². The van der Waals surface area contributed by atoms with Crippen molar-refractivity contribution in [3.8, 4) is 11.5 Å². The van der Waals surface area contributed by atoms with Crippen LogP contribution in [-0.4, -0.2) is 87.3 Å². The molecule has 3 rings (SSSR count). The minimum Gasteiger partial charge on any atom is -0.503 e. The number of carbonyl (C=O) groups excluding carboxylic acids is 4. The van der Waals surface area contributed by atoms with E-state index in [0.717, 1.165) is 11.8 Å². The topological polar surface area (TPSA) is 238 Å². The first-order chi connectivity index (χ1) is 22.2. The van der Waals surface area contributed by atoms with E-state index in [1.54, 1.807) is 0 Å². The lowest BCUT2D eigenvalue weighted by atomic mass is 9.97. The van der Waals surface area contributed by atoms with Crippen LogP contribution in [-0.2, 0) is 24.0 Å². The Labute approximate surface area is 279 Å². The highest BCUT2D eigenvalue weighted by atomic mass is 79.9. The number of hydrogen-bond acceptors (Lipinski definition) is 10. The number of amides is 4. The number of nitrogens with zero attached hydrogens (tertiary/aromatic N) is 1. The summed E-state index contributed by atoms with van der Waals surface area (Å²) in [7, 11) is 1.26. The molecule has 4 amide bonds. The number of nitrogens with one attached hydrogen (secondary N) is 3. The number of ether oxygens (including phenoxy) is 1. The van der Waals surface area contributed by atoms with Crippen LogP contribution in [0.5, 0.6) is 11.5 Å². The van der Waals surface area contributed by atoms with Crippen LogP contribution < -0.4 is 26.4 Å². The van der Waals surface area contributed by atoms with Crippen LogP contribution >= 0.6 is 27.7 Å². The zero-order valence-electron chi connectivity index (χ0n) is 24.7. The Kier molecular flexibility index (Phi) is 13.1. The standard InChI is InChI=1S/C29H31BrFN5O10S/c1-46-21-11-18(35-29(45)36-9-8-16(37)10-20(36)14-2-4-15(31)5-3-14)24(30)26(25(21)41)47-13-19(27(42)33-12-23(39)40)34-22(38)7-6-17(32)28(43)44/h2-5,8-9,11,17,19-20,41H,6-7,10,12-13,32H2,1H3,(H,33,42)(H,34,38)(H,35,45)(H,39,40)(H,43,44)/t17-,19-,20-/m0/s1. The van der Waals surface area contributed by atoms with Gasteiger partial charge in [-0.25, -0.2) is 9.18 Å². The van der Waals surface area contributed by atoms with E-state index in [2.05, 4.69) is 31.9 Å². The maximum absolute atomic E-state index is 13.5. The molecular formula is C29H31BrFN5O10S. The molecule has 1 heterocycles. The number of carbonyl (C=O) groups is 6. The summed E-state index contributed by atoms with van der Waals surface area (Å²) in [5.74, 6) is -5.73. The molecule has 0 unspecified atom stereocenters. The Bertz CT molecular complexity index is 1580. The molecule has 8 N–H and O–H groups in total. The van der Waals surface area contributed by atoms with Gasteiger partial charge in [0.2, 0.25) is 11.8 Å². The first-order valence-corrected chi connectivity index (χ1v) is 15.5. The number of thioether (sulfide) groups is 1. The molecule has 0 saturated carbocycles. The van der Waals surface area contributed by atoms with Gasteiger partial charge in [0.05, 0.1) is 28.2 Å². The molecule has 1 aliphatic rings. The fraction of sp³-hybridized carbons (Fsp3) is 0.310. The lowest BCUT2D eigenvalue weighted by molar-refractivity contribution is -0.139. The van der Waals surface area contributed by atoms with Crippen LogP contribution in [0.15, 0.2) is 52.0 Å². The fourth-order valence-corrected chi connectivity index (χ4v) is 6.05. The van der Waals surface area contributed by atoms with Crippen LogP contribution in [0.4, 0.5) is 14.9 Å². The molecule has 1 aliphatic heterocycles. The van der Waals surface area contributed by atoms with Gasteiger partial charge in [-0.15, -0.1) is 11.8 Å². The molecule has 0 spiro atoms. The summed E-state index contributed by atoms with van der Waals surface area (Å²) in [6.07, 6.45) is 1.89. The van der Waals surface area contributed by atoms with Gasteiger partial charge in [0, 0.05) is 30.9 Å². The van der Waals surface area contributed by atoms with E-state index in [9.17, 15) is 38.3 Å². The fourth-order valence-electron chi connectivity index (χ4n) is 4.27. The number of nitrogens with two attached hydrogens (primary N) is 1. The Morgan fingerprint density at radius 3 is 2.49 bits per heavy atom. The monoisotopic (exact) mass is 739 g/mol. The zero-order valence-corrected chi connectivity index (χ0v) is 27.1. The van der Waals surface area contributed by atoms with Crippen molar-refractivity contribution in [2.24, 2.45) is 5.73 Å². The number of urea groups is 1. The van der Waals surface area contributed by atoms with Crippen LogP contribution in [0.3, 0.4) is 0 Å². The van der Waals surface area contributed by atoms with Gasteiger partial charge in [0.15, 0.2) is 17.3 Å². The molecule has 18 heteroatoms. The molecule has 0 saturated heterocycles. The molecule has 0 bridgehead atoms. The van der Waals surface area contributed by atoms with Gasteiger partial charge in [-0.3, -0.25) is 28.9 Å². The van der Waals surface area contributed by atoms with Crippen molar-refractivity contribution in [3.63, 3.8) is 0 Å². The number of carboxylic acids is 2. The van der Waals surface area contributed by atoms with Gasteiger partial charge in [0.25, 0.3) is 0 Å². The van der Waals surface area contributed by atoms with Crippen molar-refractivity contribution in [3.05, 3.63) is 58.5 Å². The highest BCUT2D eigenvalue weighted by molar-refractivity contribution is 9.10. The van der Waals surface area contributed by atoms with E-state index in [4.69, 9.17) is 20.7 Å². The van der Waals surface area contributed by atoms with Crippen molar-refractivity contribution in [1.29, 1.82) is 0 Å². The summed E-state index contributed by atoms with van der Waals surface area (Å²) < 4.78 is 18.9. The maximum Gasteiger partial charge on any atom is 0.326 e. The van der Waals surface area contributed by atoms with Crippen LogP contribution in [0.25, 0.3) is 0 Å². The van der Waals surface area contributed by atoms with E-state index >= 15 is 0 Å². The van der Waals surface area contributed by atoms with Gasteiger partial charge >= 0.3 is 18.0 Å². The third-order valence-corrected chi connectivity index (χ3v) is 8.99. The number of allylic oxidation sites excluding steroid dienone is 1. The number of aromatic hydroxyl groups is 1. The Morgan fingerprint density at radius 1 is 1.19 bits per heavy atom. The van der Waals surface area contributed by atoms with E-state index in [1.165, 1.54) is 54.6 Å². The van der Waals surface area contributed by atoms with Gasteiger partial charge in [0.1, 0.15) is 24.4 Å². The molecule has 2 aromatic rings. The summed E-state index contributed by atoms with van der Waals surface area (Å²) in [5.41, 5.74) is 6.05. The molecule has 0 aliphatic carbocycles. The smallest absolute Gasteiger partial charge is 0.326 e. The minimum atomic E-state index is -1.35.